The molecule has 0 spiro atoms. The number of hydrogen-bond donors (Lipinski definition) is 2. The minimum Gasteiger partial charge on any atom is -0.340 e. The molecule has 0 aliphatic carbocycles. The van der Waals surface area contributed by atoms with Gasteiger partial charge in [-0.05, 0) is 35.7 Å². The Morgan fingerprint density at radius 1 is 0.920 bits per heavy atom. The van der Waals surface area contributed by atoms with Gasteiger partial charge in [-0.1, -0.05) is 38.1 Å². The van der Waals surface area contributed by atoms with Crippen LogP contribution in [-0.4, -0.2) is 9.97 Å². The molecule has 0 fully saturated rings. The van der Waals surface area contributed by atoms with E-state index in [1.54, 1.807) is 12.1 Å². The zero-order valence-electron chi connectivity index (χ0n) is 14.2. The zero-order valence-corrected chi connectivity index (χ0v) is 14.2. The lowest BCUT2D eigenvalue weighted by molar-refractivity contribution is 0.869. The lowest BCUT2D eigenvalue weighted by atomic mass is 10.0. The summed E-state index contributed by atoms with van der Waals surface area (Å²) in [6.45, 7) is 4.32. The fourth-order valence-corrected chi connectivity index (χ4v) is 2.56. The molecule has 1 aromatic heterocycles. The van der Waals surface area contributed by atoms with Crippen molar-refractivity contribution in [1.82, 2.24) is 9.97 Å². The Balaban J connectivity index is 1.81. The van der Waals surface area contributed by atoms with Crippen molar-refractivity contribution in [1.29, 1.82) is 5.26 Å². The van der Waals surface area contributed by atoms with Crippen LogP contribution in [0.2, 0.25) is 0 Å². The van der Waals surface area contributed by atoms with Gasteiger partial charge < -0.3 is 10.6 Å². The topological polar surface area (TPSA) is 73.6 Å². The summed E-state index contributed by atoms with van der Waals surface area (Å²) in [5, 5.41) is 15.6. The van der Waals surface area contributed by atoms with Crippen molar-refractivity contribution in [2.45, 2.75) is 19.8 Å². The molecule has 3 aromatic rings. The standard InChI is InChI=1S/C20H19N5/c1-14(2)17-8-3-4-9-18(17)25-20-11-19(22-13-23-20)24-16-7-5-6-15(10-16)12-21/h3-11,13-14H,1-2H3,(H2,22,23,24,25). The molecule has 25 heavy (non-hydrogen) atoms. The summed E-state index contributed by atoms with van der Waals surface area (Å²) in [5.74, 6) is 1.79. The van der Waals surface area contributed by atoms with Gasteiger partial charge >= 0.3 is 0 Å². The maximum absolute atomic E-state index is 8.99. The van der Waals surface area contributed by atoms with Crippen LogP contribution >= 0.6 is 0 Å². The molecule has 0 unspecified atom stereocenters. The molecule has 2 N–H and O–H groups in total. The van der Waals surface area contributed by atoms with Crippen LogP contribution in [-0.2, 0) is 0 Å². The van der Waals surface area contributed by atoms with E-state index >= 15 is 0 Å². The summed E-state index contributed by atoms with van der Waals surface area (Å²) in [6.07, 6.45) is 1.51. The predicted molar refractivity (Wildman–Crippen MR) is 100 cm³/mol. The predicted octanol–water partition coefficient (Wildman–Crippen LogP) is 4.96. The third kappa shape index (κ3) is 4.12. The fraction of sp³-hybridized carbons (Fsp3) is 0.150. The summed E-state index contributed by atoms with van der Waals surface area (Å²) >= 11 is 0. The molecule has 0 saturated carbocycles. The Bertz CT molecular complexity index is 912. The van der Waals surface area contributed by atoms with Gasteiger partial charge in [-0.2, -0.15) is 5.26 Å². The van der Waals surface area contributed by atoms with Crippen molar-refractivity contribution in [2.24, 2.45) is 0 Å². The highest BCUT2D eigenvalue weighted by atomic mass is 15.1. The van der Waals surface area contributed by atoms with Gasteiger partial charge in [0.2, 0.25) is 0 Å². The number of nitriles is 1. The molecule has 5 nitrogen and oxygen atoms in total. The van der Waals surface area contributed by atoms with Crippen LogP contribution in [0.3, 0.4) is 0 Å². The first-order valence-electron chi connectivity index (χ1n) is 8.11. The minimum atomic E-state index is 0.414. The SMILES string of the molecule is CC(C)c1ccccc1Nc1cc(Nc2cccc(C#N)c2)ncn1. The van der Waals surface area contributed by atoms with Gasteiger partial charge in [-0.25, -0.2) is 9.97 Å². The molecule has 0 atom stereocenters. The van der Waals surface area contributed by atoms with E-state index in [2.05, 4.69) is 46.6 Å². The summed E-state index contributed by atoms with van der Waals surface area (Å²) in [4.78, 5) is 8.54. The molecule has 124 valence electrons. The first kappa shape index (κ1) is 16.5. The van der Waals surface area contributed by atoms with E-state index in [-0.39, 0.29) is 0 Å². The highest BCUT2D eigenvalue weighted by molar-refractivity contribution is 5.65. The summed E-state index contributed by atoms with van der Waals surface area (Å²) in [6, 6.07) is 19.4. The van der Waals surface area contributed by atoms with E-state index in [0.717, 1.165) is 11.4 Å². The molecule has 5 heteroatoms. The number of aromatic nitrogens is 2. The smallest absolute Gasteiger partial charge is 0.135 e. The van der Waals surface area contributed by atoms with E-state index in [4.69, 9.17) is 5.26 Å². The Morgan fingerprint density at radius 3 is 2.44 bits per heavy atom. The second-order valence-electron chi connectivity index (χ2n) is 5.97. The van der Waals surface area contributed by atoms with Crippen LogP contribution in [0.5, 0.6) is 0 Å². The molecule has 0 amide bonds. The maximum atomic E-state index is 8.99. The van der Waals surface area contributed by atoms with Crippen LogP contribution in [0.1, 0.15) is 30.9 Å². The van der Waals surface area contributed by atoms with Crippen molar-refractivity contribution in [3.63, 3.8) is 0 Å². The molecule has 0 saturated heterocycles. The Hall–Kier alpha value is -3.39. The van der Waals surface area contributed by atoms with Crippen molar-refractivity contribution in [3.05, 3.63) is 72.1 Å². The van der Waals surface area contributed by atoms with Crippen LogP contribution < -0.4 is 10.6 Å². The number of hydrogen-bond acceptors (Lipinski definition) is 5. The molecule has 3 rings (SSSR count). The van der Waals surface area contributed by atoms with Gasteiger partial charge in [0.15, 0.2) is 0 Å². The monoisotopic (exact) mass is 329 g/mol. The van der Waals surface area contributed by atoms with Crippen molar-refractivity contribution >= 4 is 23.0 Å². The van der Waals surface area contributed by atoms with E-state index in [1.165, 1.54) is 11.9 Å². The molecule has 0 aliphatic heterocycles. The second-order valence-corrected chi connectivity index (χ2v) is 5.97. The van der Waals surface area contributed by atoms with Crippen molar-refractivity contribution in [3.8, 4) is 6.07 Å². The van der Waals surface area contributed by atoms with Gasteiger partial charge in [0, 0.05) is 17.4 Å². The number of rotatable bonds is 5. The van der Waals surface area contributed by atoms with E-state index in [9.17, 15) is 0 Å². The number of anilines is 4. The Labute approximate surface area is 147 Å². The van der Waals surface area contributed by atoms with E-state index in [1.807, 2.05) is 36.4 Å². The van der Waals surface area contributed by atoms with Crippen molar-refractivity contribution in [2.75, 3.05) is 10.6 Å². The van der Waals surface area contributed by atoms with E-state index < -0.39 is 0 Å². The number of nitrogens with one attached hydrogen (secondary N) is 2. The third-order valence-electron chi connectivity index (χ3n) is 3.78. The Kier molecular flexibility index (Phi) is 4.91. The summed E-state index contributed by atoms with van der Waals surface area (Å²) < 4.78 is 0. The second kappa shape index (κ2) is 7.45. The molecule has 2 aromatic carbocycles. The number of nitrogens with zero attached hydrogens (tertiary/aromatic N) is 3. The molecular formula is C20H19N5. The highest BCUT2D eigenvalue weighted by Crippen LogP contribution is 2.27. The van der Waals surface area contributed by atoms with Crippen LogP contribution in [0.25, 0.3) is 0 Å². The average Bonchev–Trinajstić information content (AvgIpc) is 2.62. The van der Waals surface area contributed by atoms with E-state index in [0.29, 0.717) is 23.1 Å². The third-order valence-corrected chi connectivity index (χ3v) is 3.78. The molecule has 0 radical (unpaired) electrons. The molecule has 1 heterocycles. The molecule has 0 bridgehead atoms. The van der Waals surface area contributed by atoms with Gasteiger partial charge in [-0.3, -0.25) is 0 Å². The van der Waals surface area contributed by atoms with Gasteiger partial charge in [0.1, 0.15) is 18.0 Å². The maximum Gasteiger partial charge on any atom is 0.135 e. The van der Waals surface area contributed by atoms with Gasteiger partial charge in [0.25, 0.3) is 0 Å². The highest BCUT2D eigenvalue weighted by Gasteiger charge is 2.07. The summed E-state index contributed by atoms with van der Waals surface area (Å²) in [7, 11) is 0. The number of para-hydroxylation sites is 1. The lowest BCUT2D eigenvalue weighted by Gasteiger charge is -2.14. The minimum absolute atomic E-state index is 0.414. The molecule has 0 aliphatic rings. The van der Waals surface area contributed by atoms with Gasteiger partial charge in [-0.15, -0.1) is 0 Å². The normalized spacial score (nSPS) is 10.3. The Morgan fingerprint density at radius 2 is 1.68 bits per heavy atom. The quantitative estimate of drug-likeness (QED) is 0.692. The summed E-state index contributed by atoms with van der Waals surface area (Å²) in [5.41, 5.74) is 3.68. The first-order chi connectivity index (χ1) is 12.2. The number of benzene rings is 2. The van der Waals surface area contributed by atoms with Crippen LogP contribution in [0.15, 0.2) is 60.9 Å². The van der Waals surface area contributed by atoms with Crippen molar-refractivity contribution < 1.29 is 0 Å². The molecular weight excluding hydrogens is 310 g/mol. The van der Waals surface area contributed by atoms with Crippen LogP contribution in [0, 0.1) is 11.3 Å². The average molecular weight is 329 g/mol. The fourth-order valence-electron chi connectivity index (χ4n) is 2.56. The lowest BCUT2D eigenvalue weighted by Crippen LogP contribution is -2.01. The largest absolute Gasteiger partial charge is 0.340 e. The van der Waals surface area contributed by atoms with Gasteiger partial charge in [0.05, 0.1) is 11.6 Å². The zero-order chi connectivity index (χ0) is 17.6. The van der Waals surface area contributed by atoms with Crippen LogP contribution in [0.4, 0.5) is 23.0 Å². The first-order valence-corrected chi connectivity index (χ1v) is 8.11.